The number of hydrogen-bond acceptors (Lipinski definition) is 3. The van der Waals surface area contributed by atoms with Gasteiger partial charge in [-0.05, 0) is 29.3 Å². The molecule has 100 valence electrons. The van der Waals surface area contributed by atoms with Crippen LogP contribution in [0.2, 0.25) is 5.28 Å². The molecule has 0 atom stereocenters. The summed E-state index contributed by atoms with van der Waals surface area (Å²) in [5, 5.41) is 10.1. The predicted octanol–water partition coefficient (Wildman–Crippen LogP) is 2.70. The summed E-state index contributed by atoms with van der Waals surface area (Å²) in [5.41, 5.74) is 1.56. The highest BCUT2D eigenvalue weighted by molar-refractivity contribution is 6.28. The Kier molecular flexibility index (Phi) is 3.12. The summed E-state index contributed by atoms with van der Waals surface area (Å²) in [6.07, 6.45) is 3.37. The van der Waals surface area contributed by atoms with Crippen LogP contribution in [0.25, 0.3) is 16.7 Å². The number of aromatic nitrogens is 3. The standard InChI is InChI=1S/C14H10ClN3O2/c15-14-16-6-4-11(17-14)18-7-5-9-2-1-3-10(13(9)18)8-12(19)20/h1-7H,8H2,(H,19,20). The Bertz CT molecular complexity index is 798. The highest BCUT2D eigenvalue weighted by Crippen LogP contribution is 2.24. The van der Waals surface area contributed by atoms with Crippen LogP contribution in [0, 0.1) is 0 Å². The van der Waals surface area contributed by atoms with E-state index in [0.717, 1.165) is 16.5 Å². The fourth-order valence-electron chi connectivity index (χ4n) is 2.23. The van der Waals surface area contributed by atoms with Gasteiger partial charge in [0, 0.05) is 17.8 Å². The van der Waals surface area contributed by atoms with E-state index in [1.54, 1.807) is 18.3 Å². The summed E-state index contributed by atoms with van der Waals surface area (Å²) >= 11 is 5.81. The third kappa shape index (κ3) is 2.23. The molecule has 6 heteroatoms. The van der Waals surface area contributed by atoms with Gasteiger partial charge in [-0.15, -0.1) is 0 Å². The minimum Gasteiger partial charge on any atom is -0.481 e. The maximum absolute atomic E-state index is 11.0. The van der Waals surface area contributed by atoms with E-state index >= 15 is 0 Å². The topological polar surface area (TPSA) is 68.0 Å². The maximum atomic E-state index is 11.0. The molecule has 0 fully saturated rings. The Morgan fingerprint density at radius 1 is 1.30 bits per heavy atom. The Balaban J connectivity index is 2.23. The first-order valence-corrected chi connectivity index (χ1v) is 6.32. The van der Waals surface area contributed by atoms with Gasteiger partial charge in [0.1, 0.15) is 5.82 Å². The zero-order chi connectivity index (χ0) is 14.1. The van der Waals surface area contributed by atoms with Crippen LogP contribution in [-0.4, -0.2) is 25.6 Å². The van der Waals surface area contributed by atoms with Gasteiger partial charge in [-0.2, -0.15) is 4.98 Å². The molecule has 3 aromatic rings. The molecule has 0 aliphatic rings. The van der Waals surface area contributed by atoms with Gasteiger partial charge < -0.3 is 9.67 Å². The molecule has 0 radical (unpaired) electrons. The summed E-state index contributed by atoms with van der Waals surface area (Å²) in [6, 6.07) is 9.22. The van der Waals surface area contributed by atoms with Gasteiger partial charge in [0.25, 0.3) is 0 Å². The molecule has 5 nitrogen and oxygen atoms in total. The number of nitrogens with zero attached hydrogens (tertiary/aromatic N) is 3. The highest BCUT2D eigenvalue weighted by atomic mass is 35.5. The number of carbonyl (C=O) groups is 1. The van der Waals surface area contributed by atoms with Crippen molar-refractivity contribution in [3.05, 3.63) is 53.6 Å². The molecule has 0 aliphatic carbocycles. The van der Waals surface area contributed by atoms with Crippen molar-refractivity contribution < 1.29 is 9.90 Å². The molecule has 2 aromatic heterocycles. The highest BCUT2D eigenvalue weighted by Gasteiger charge is 2.11. The van der Waals surface area contributed by atoms with Gasteiger partial charge in [-0.3, -0.25) is 4.79 Å². The lowest BCUT2D eigenvalue weighted by atomic mass is 10.1. The number of hydrogen-bond donors (Lipinski definition) is 1. The minimum atomic E-state index is -0.869. The second-order valence-electron chi connectivity index (χ2n) is 4.30. The smallest absolute Gasteiger partial charge is 0.307 e. The second kappa shape index (κ2) is 4.94. The van der Waals surface area contributed by atoms with Crippen molar-refractivity contribution in [2.45, 2.75) is 6.42 Å². The first kappa shape index (κ1) is 12.6. The quantitative estimate of drug-likeness (QED) is 0.752. The van der Waals surface area contributed by atoms with Crippen molar-refractivity contribution in [1.82, 2.24) is 14.5 Å². The second-order valence-corrected chi connectivity index (χ2v) is 4.63. The molecule has 0 spiro atoms. The Labute approximate surface area is 119 Å². The Hall–Kier alpha value is -2.40. The van der Waals surface area contributed by atoms with Crippen molar-refractivity contribution in [2.75, 3.05) is 0 Å². The van der Waals surface area contributed by atoms with Crippen molar-refractivity contribution in [3.8, 4) is 5.82 Å². The molecule has 0 saturated heterocycles. The molecule has 1 aromatic carbocycles. The molecule has 1 N–H and O–H groups in total. The van der Waals surface area contributed by atoms with E-state index in [-0.39, 0.29) is 11.7 Å². The van der Waals surface area contributed by atoms with Crippen LogP contribution in [-0.2, 0) is 11.2 Å². The van der Waals surface area contributed by atoms with Crippen molar-refractivity contribution >= 4 is 28.5 Å². The van der Waals surface area contributed by atoms with Crippen LogP contribution in [0.5, 0.6) is 0 Å². The summed E-state index contributed by atoms with van der Waals surface area (Å²) in [6.45, 7) is 0. The molecule has 2 heterocycles. The summed E-state index contributed by atoms with van der Waals surface area (Å²) in [7, 11) is 0. The van der Waals surface area contributed by atoms with Crippen molar-refractivity contribution in [1.29, 1.82) is 0 Å². The van der Waals surface area contributed by atoms with E-state index in [1.807, 2.05) is 29.0 Å². The van der Waals surface area contributed by atoms with Crippen LogP contribution in [0.15, 0.2) is 42.7 Å². The number of aliphatic carboxylic acids is 1. The minimum absolute atomic E-state index is 0.0415. The molecule has 0 amide bonds. The number of halogens is 1. The summed E-state index contributed by atoms with van der Waals surface area (Å²) in [5.74, 6) is -0.260. The average molecular weight is 288 g/mol. The normalized spacial score (nSPS) is 10.8. The van der Waals surface area contributed by atoms with Crippen molar-refractivity contribution in [2.24, 2.45) is 0 Å². The monoisotopic (exact) mass is 287 g/mol. The number of para-hydroxylation sites is 1. The number of fused-ring (bicyclic) bond motifs is 1. The van der Waals surface area contributed by atoms with Gasteiger partial charge in [0.15, 0.2) is 0 Å². The molecular weight excluding hydrogens is 278 g/mol. The number of carboxylic acids is 1. The van der Waals surface area contributed by atoms with Crippen LogP contribution in [0.4, 0.5) is 0 Å². The van der Waals surface area contributed by atoms with Gasteiger partial charge in [-0.25, -0.2) is 4.98 Å². The summed E-state index contributed by atoms with van der Waals surface area (Å²) in [4.78, 5) is 19.0. The van der Waals surface area contributed by atoms with Gasteiger partial charge in [0.05, 0.1) is 11.9 Å². The molecular formula is C14H10ClN3O2. The maximum Gasteiger partial charge on any atom is 0.307 e. The zero-order valence-corrected chi connectivity index (χ0v) is 11.1. The molecule has 0 unspecified atom stereocenters. The van der Waals surface area contributed by atoms with E-state index in [2.05, 4.69) is 9.97 Å². The molecule has 0 aliphatic heterocycles. The van der Waals surface area contributed by atoms with Crippen LogP contribution >= 0.6 is 11.6 Å². The first-order valence-electron chi connectivity index (χ1n) is 5.95. The van der Waals surface area contributed by atoms with Crippen LogP contribution in [0.1, 0.15) is 5.56 Å². The lowest BCUT2D eigenvalue weighted by Gasteiger charge is -2.08. The number of carboxylic acid groups (broad SMARTS) is 1. The van der Waals surface area contributed by atoms with Gasteiger partial charge in [-0.1, -0.05) is 18.2 Å². The van der Waals surface area contributed by atoms with E-state index in [9.17, 15) is 4.79 Å². The molecule has 0 bridgehead atoms. The van der Waals surface area contributed by atoms with Crippen LogP contribution < -0.4 is 0 Å². The number of benzene rings is 1. The first-order chi connectivity index (χ1) is 9.65. The van der Waals surface area contributed by atoms with E-state index < -0.39 is 5.97 Å². The predicted molar refractivity (Wildman–Crippen MR) is 75.2 cm³/mol. The lowest BCUT2D eigenvalue weighted by Crippen LogP contribution is -2.04. The number of rotatable bonds is 3. The largest absolute Gasteiger partial charge is 0.481 e. The average Bonchev–Trinajstić information content (AvgIpc) is 2.83. The lowest BCUT2D eigenvalue weighted by molar-refractivity contribution is -0.136. The molecule has 20 heavy (non-hydrogen) atoms. The molecule has 0 saturated carbocycles. The van der Waals surface area contributed by atoms with Gasteiger partial charge >= 0.3 is 5.97 Å². The van der Waals surface area contributed by atoms with Crippen molar-refractivity contribution in [3.63, 3.8) is 0 Å². The van der Waals surface area contributed by atoms with E-state index in [1.165, 1.54) is 0 Å². The van der Waals surface area contributed by atoms with E-state index in [4.69, 9.17) is 16.7 Å². The third-order valence-corrected chi connectivity index (χ3v) is 3.18. The SMILES string of the molecule is O=C(O)Cc1cccc2ccn(-c3ccnc(Cl)n3)c12. The van der Waals surface area contributed by atoms with Crippen LogP contribution in [0.3, 0.4) is 0 Å². The fourth-order valence-corrected chi connectivity index (χ4v) is 2.37. The molecule has 3 rings (SSSR count). The third-order valence-electron chi connectivity index (χ3n) is 2.99. The Morgan fingerprint density at radius 3 is 2.90 bits per heavy atom. The zero-order valence-electron chi connectivity index (χ0n) is 10.3. The summed E-state index contributed by atoms with van der Waals surface area (Å²) < 4.78 is 1.82. The fraction of sp³-hybridized carbons (Fsp3) is 0.0714. The van der Waals surface area contributed by atoms with E-state index in [0.29, 0.717) is 5.82 Å². The Morgan fingerprint density at radius 2 is 2.15 bits per heavy atom. The van der Waals surface area contributed by atoms with Gasteiger partial charge in [0.2, 0.25) is 5.28 Å².